The highest BCUT2D eigenvalue weighted by Crippen LogP contribution is 2.24. The fourth-order valence-corrected chi connectivity index (χ4v) is 1.02. The number of hydrogen-bond donors (Lipinski definition) is 1. The highest BCUT2D eigenvalue weighted by atomic mass is 19.1. The SMILES string of the molecule is CC1=CC(C)C(=O)C(F)=C1O. The molecule has 0 aliphatic heterocycles. The van der Waals surface area contributed by atoms with Crippen LogP contribution in [0.25, 0.3) is 0 Å². The highest BCUT2D eigenvalue weighted by molar-refractivity contribution is 5.98. The zero-order valence-corrected chi connectivity index (χ0v) is 6.39. The zero-order chi connectivity index (χ0) is 8.59. The lowest BCUT2D eigenvalue weighted by Gasteiger charge is -2.12. The molecule has 1 atom stereocenters. The summed E-state index contributed by atoms with van der Waals surface area (Å²) in [5.41, 5.74) is 0.426. The normalized spacial score (nSPS) is 25.5. The molecule has 0 aromatic rings. The molecule has 0 spiro atoms. The van der Waals surface area contributed by atoms with Crippen molar-refractivity contribution in [2.75, 3.05) is 0 Å². The molecule has 0 saturated heterocycles. The van der Waals surface area contributed by atoms with E-state index in [1.165, 1.54) is 0 Å². The van der Waals surface area contributed by atoms with Crippen LogP contribution < -0.4 is 0 Å². The number of rotatable bonds is 0. The van der Waals surface area contributed by atoms with E-state index in [4.69, 9.17) is 5.11 Å². The van der Waals surface area contributed by atoms with Crippen LogP contribution in [0.1, 0.15) is 13.8 Å². The first kappa shape index (κ1) is 7.98. The van der Waals surface area contributed by atoms with E-state index >= 15 is 0 Å². The van der Waals surface area contributed by atoms with E-state index in [2.05, 4.69) is 0 Å². The Balaban J connectivity index is 3.12. The molecule has 1 aliphatic carbocycles. The number of carbonyl (C=O) groups excluding carboxylic acids is 1. The van der Waals surface area contributed by atoms with Crippen molar-refractivity contribution in [2.24, 2.45) is 5.92 Å². The summed E-state index contributed by atoms with van der Waals surface area (Å²) in [7, 11) is 0. The van der Waals surface area contributed by atoms with Crippen molar-refractivity contribution in [2.45, 2.75) is 13.8 Å². The van der Waals surface area contributed by atoms with Crippen molar-refractivity contribution >= 4 is 5.78 Å². The number of aliphatic hydroxyl groups excluding tert-OH is 1. The molecule has 0 saturated carbocycles. The first-order valence-electron chi connectivity index (χ1n) is 3.35. The van der Waals surface area contributed by atoms with Crippen LogP contribution in [0, 0.1) is 5.92 Å². The Morgan fingerprint density at radius 1 is 1.64 bits per heavy atom. The van der Waals surface area contributed by atoms with Crippen LogP contribution in [-0.2, 0) is 4.79 Å². The lowest BCUT2D eigenvalue weighted by molar-refractivity contribution is -0.119. The Kier molecular flexibility index (Phi) is 1.81. The maximum Gasteiger partial charge on any atom is 0.208 e. The van der Waals surface area contributed by atoms with Crippen LogP contribution in [0.2, 0.25) is 0 Å². The number of Topliss-reactive ketones (excluding diaryl/α,β-unsaturated/α-hetero) is 1. The lowest BCUT2D eigenvalue weighted by atomic mass is 9.95. The molecule has 0 amide bonds. The van der Waals surface area contributed by atoms with E-state index in [0.717, 1.165) is 0 Å². The van der Waals surface area contributed by atoms with Gasteiger partial charge in [-0.25, -0.2) is 0 Å². The molecule has 0 heterocycles. The Labute approximate surface area is 64.0 Å². The van der Waals surface area contributed by atoms with Gasteiger partial charge in [-0.2, -0.15) is 4.39 Å². The monoisotopic (exact) mass is 156 g/mol. The molecular weight excluding hydrogens is 147 g/mol. The molecule has 3 heteroatoms. The molecule has 11 heavy (non-hydrogen) atoms. The van der Waals surface area contributed by atoms with Gasteiger partial charge in [-0.05, 0) is 12.5 Å². The minimum Gasteiger partial charge on any atom is -0.505 e. The van der Waals surface area contributed by atoms with Crippen molar-refractivity contribution < 1.29 is 14.3 Å². The Morgan fingerprint density at radius 2 is 2.18 bits per heavy atom. The number of allylic oxidation sites excluding steroid dienone is 3. The third kappa shape index (κ3) is 1.18. The maximum atomic E-state index is 12.7. The van der Waals surface area contributed by atoms with Gasteiger partial charge in [0.25, 0.3) is 0 Å². The van der Waals surface area contributed by atoms with Gasteiger partial charge in [0.05, 0.1) is 0 Å². The summed E-state index contributed by atoms with van der Waals surface area (Å²) in [6.45, 7) is 3.16. The zero-order valence-electron chi connectivity index (χ0n) is 6.39. The van der Waals surface area contributed by atoms with Crippen molar-refractivity contribution in [1.29, 1.82) is 0 Å². The number of hydrogen-bond acceptors (Lipinski definition) is 2. The molecular formula is C8H9FO2. The minimum absolute atomic E-state index is 0.426. The van der Waals surface area contributed by atoms with Gasteiger partial charge in [-0.1, -0.05) is 13.0 Å². The van der Waals surface area contributed by atoms with Gasteiger partial charge < -0.3 is 5.11 Å². The molecule has 1 rings (SSSR count). The summed E-state index contributed by atoms with van der Waals surface area (Å²) >= 11 is 0. The van der Waals surface area contributed by atoms with Gasteiger partial charge in [0.1, 0.15) is 0 Å². The summed E-state index contributed by atoms with van der Waals surface area (Å²) in [6.07, 6.45) is 1.54. The average Bonchev–Trinajstić information content (AvgIpc) is 1.97. The number of halogens is 1. The quantitative estimate of drug-likeness (QED) is 0.581. The van der Waals surface area contributed by atoms with Gasteiger partial charge in [0.15, 0.2) is 5.76 Å². The van der Waals surface area contributed by atoms with Crippen molar-refractivity contribution in [1.82, 2.24) is 0 Å². The van der Waals surface area contributed by atoms with E-state index in [1.54, 1.807) is 19.9 Å². The van der Waals surface area contributed by atoms with Crippen molar-refractivity contribution in [3.63, 3.8) is 0 Å². The Morgan fingerprint density at radius 3 is 2.73 bits per heavy atom. The van der Waals surface area contributed by atoms with Crippen LogP contribution in [0.4, 0.5) is 4.39 Å². The van der Waals surface area contributed by atoms with Crippen LogP contribution >= 0.6 is 0 Å². The number of carbonyl (C=O) groups is 1. The molecule has 1 unspecified atom stereocenters. The molecule has 0 radical (unpaired) electrons. The molecule has 60 valence electrons. The van der Waals surface area contributed by atoms with Gasteiger partial charge in [0, 0.05) is 5.92 Å². The molecule has 0 aromatic carbocycles. The predicted molar refractivity (Wildman–Crippen MR) is 38.7 cm³/mol. The summed E-state index contributed by atoms with van der Waals surface area (Å²) in [5.74, 6) is -2.63. The van der Waals surface area contributed by atoms with E-state index in [0.29, 0.717) is 5.57 Å². The number of ketones is 1. The first-order chi connectivity index (χ1) is 5.04. The fraction of sp³-hybridized carbons (Fsp3) is 0.375. The molecule has 2 nitrogen and oxygen atoms in total. The second-order valence-corrected chi connectivity index (χ2v) is 2.67. The van der Waals surface area contributed by atoms with Crippen LogP contribution in [0.5, 0.6) is 0 Å². The minimum atomic E-state index is -1.02. The van der Waals surface area contributed by atoms with Gasteiger partial charge in [-0.3, -0.25) is 4.79 Å². The van der Waals surface area contributed by atoms with E-state index in [1.807, 2.05) is 0 Å². The van der Waals surface area contributed by atoms with Crippen LogP contribution in [-0.4, -0.2) is 10.9 Å². The smallest absolute Gasteiger partial charge is 0.208 e. The first-order valence-corrected chi connectivity index (χ1v) is 3.35. The molecule has 1 aliphatic rings. The highest BCUT2D eigenvalue weighted by Gasteiger charge is 2.25. The molecule has 0 aromatic heterocycles. The van der Waals surface area contributed by atoms with E-state index in [-0.39, 0.29) is 0 Å². The molecule has 0 bridgehead atoms. The Hall–Kier alpha value is -1.12. The third-order valence-electron chi connectivity index (χ3n) is 1.71. The van der Waals surface area contributed by atoms with E-state index in [9.17, 15) is 9.18 Å². The van der Waals surface area contributed by atoms with Gasteiger partial charge in [0.2, 0.25) is 11.6 Å². The summed E-state index contributed by atoms with van der Waals surface area (Å²) in [6, 6.07) is 0. The second-order valence-electron chi connectivity index (χ2n) is 2.67. The van der Waals surface area contributed by atoms with Crippen molar-refractivity contribution in [3.05, 3.63) is 23.2 Å². The lowest BCUT2D eigenvalue weighted by Crippen LogP contribution is -2.16. The van der Waals surface area contributed by atoms with Crippen molar-refractivity contribution in [3.8, 4) is 0 Å². The topological polar surface area (TPSA) is 37.3 Å². The third-order valence-corrected chi connectivity index (χ3v) is 1.71. The number of aliphatic hydroxyl groups is 1. The van der Waals surface area contributed by atoms with Crippen LogP contribution in [0.15, 0.2) is 23.2 Å². The summed E-state index contributed by atoms with van der Waals surface area (Å²) in [5, 5.41) is 8.95. The van der Waals surface area contributed by atoms with E-state index < -0.39 is 23.3 Å². The largest absolute Gasteiger partial charge is 0.505 e. The van der Waals surface area contributed by atoms with Gasteiger partial charge >= 0.3 is 0 Å². The fourth-order valence-electron chi connectivity index (χ4n) is 1.02. The maximum absolute atomic E-state index is 12.7. The average molecular weight is 156 g/mol. The Bertz CT molecular complexity index is 263. The second kappa shape index (κ2) is 2.49. The van der Waals surface area contributed by atoms with Gasteiger partial charge in [-0.15, -0.1) is 0 Å². The predicted octanol–water partition coefficient (Wildman–Crippen LogP) is 1.89. The van der Waals surface area contributed by atoms with Crippen LogP contribution in [0.3, 0.4) is 0 Å². The standard InChI is InChI=1S/C8H9FO2/c1-4-3-5(2)8(11)6(9)7(4)10/h3-4,11H,1-2H3. The summed E-state index contributed by atoms with van der Waals surface area (Å²) in [4.78, 5) is 10.8. The summed E-state index contributed by atoms with van der Waals surface area (Å²) < 4.78 is 12.7. The molecule has 1 N–H and O–H groups in total. The molecule has 0 fully saturated rings.